The summed E-state index contributed by atoms with van der Waals surface area (Å²) in [5.41, 5.74) is 1.76. The molecule has 0 saturated carbocycles. The average Bonchev–Trinajstić information content (AvgIpc) is 3.42. The van der Waals surface area contributed by atoms with Gasteiger partial charge in [-0.25, -0.2) is 4.79 Å². The van der Waals surface area contributed by atoms with Crippen LogP contribution in [-0.4, -0.2) is 29.9 Å². The van der Waals surface area contributed by atoms with Crippen molar-refractivity contribution in [3.63, 3.8) is 0 Å². The Kier molecular flexibility index (Phi) is 5.74. The van der Waals surface area contributed by atoms with E-state index in [1.165, 1.54) is 24.1 Å². The van der Waals surface area contributed by atoms with Crippen LogP contribution in [0.5, 0.6) is 0 Å². The van der Waals surface area contributed by atoms with Crippen LogP contribution in [0.3, 0.4) is 0 Å². The van der Waals surface area contributed by atoms with Gasteiger partial charge in [-0.05, 0) is 54.1 Å². The highest BCUT2D eigenvalue weighted by Crippen LogP contribution is 2.42. The number of Topliss-reactive ketones (excluding diaryl/α,β-unsaturated/α-hetero) is 1. The zero-order valence-corrected chi connectivity index (χ0v) is 20.0. The Labute approximate surface area is 208 Å². The van der Waals surface area contributed by atoms with Crippen molar-refractivity contribution in [2.75, 3.05) is 12.0 Å². The molecule has 5 rings (SSSR count). The number of aliphatic hydroxyl groups excluding tert-OH is 1. The zero-order valence-electron chi connectivity index (χ0n) is 18.4. The molecule has 1 N–H and O–H groups in total. The van der Waals surface area contributed by atoms with E-state index in [2.05, 4.69) is 15.9 Å². The maximum Gasteiger partial charge on any atom is 0.337 e. The van der Waals surface area contributed by atoms with Crippen molar-refractivity contribution in [3.8, 4) is 0 Å². The first kappa shape index (κ1) is 22.6. The Bertz CT molecular complexity index is 1500. The lowest BCUT2D eigenvalue weighted by molar-refractivity contribution is -0.117. The van der Waals surface area contributed by atoms with Crippen molar-refractivity contribution in [1.29, 1.82) is 0 Å². The number of rotatable bonds is 5. The Morgan fingerprint density at radius 2 is 1.71 bits per heavy atom. The second-order valence-electron chi connectivity index (χ2n) is 7.91. The standard InChI is InChI=1S/C27H18BrNO6/c1-34-27(33)16-7-10-19(11-8-16)29-23(15-5-3-2-4-6-15)22(25(31)26(29)32)24(30)21-14-17-13-18(28)9-12-20(17)35-21/h2-14,23,31H,1H3. The number of carbonyl (C=O) groups excluding carboxylic acids is 3. The van der Waals surface area contributed by atoms with Crippen molar-refractivity contribution in [3.05, 3.63) is 112 Å². The van der Waals surface area contributed by atoms with E-state index in [9.17, 15) is 19.5 Å². The van der Waals surface area contributed by atoms with E-state index in [1.54, 1.807) is 54.6 Å². The minimum Gasteiger partial charge on any atom is -0.503 e. The Balaban J connectivity index is 1.61. The first-order valence-electron chi connectivity index (χ1n) is 10.6. The number of halogens is 1. The minimum atomic E-state index is -0.903. The third kappa shape index (κ3) is 3.91. The third-order valence-corrected chi connectivity index (χ3v) is 6.33. The lowest BCUT2D eigenvalue weighted by atomic mass is 9.94. The van der Waals surface area contributed by atoms with Crippen molar-refractivity contribution in [2.45, 2.75) is 6.04 Å². The molecule has 0 saturated heterocycles. The maximum absolute atomic E-state index is 13.6. The molecule has 1 atom stereocenters. The Hall–Kier alpha value is -4.17. The molecule has 2 heterocycles. The first-order chi connectivity index (χ1) is 16.9. The average molecular weight is 532 g/mol. The van der Waals surface area contributed by atoms with Gasteiger partial charge in [0.1, 0.15) is 5.58 Å². The van der Waals surface area contributed by atoms with Crippen LogP contribution in [0, 0.1) is 0 Å². The lowest BCUT2D eigenvalue weighted by Gasteiger charge is -2.26. The van der Waals surface area contributed by atoms with Gasteiger partial charge < -0.3 is 14.3 Å². The predicted octanol–water partition coefficient (Wildman–Crippen LogP) is 5.76. The highest BCUT2D eigenvalue weighted by molar-refractivity contribution is 9.10. The number of amides is 1. The molecule has 4 aromatic rings. The van der Waals surface area contributed by atoms with E-state index in [4.69, 9.17) is 9.15 Å². The molecule has 0 fully saturated rings. The highest BCUT2D eigenvalue weighted by atomic mass is 79.9. The number of ketones is 1. The van der Waals surface area contributed by atoms with Gasteiger partial charge in [-0.1, -0.05) is 46.3 Å². The van der Waals surface area contributed by atoms with E-state index < -0.39 is 29.5 Å². The molecular formula is C27H18BrNO6. The van der Waals surface area contributed by atoms with Gasteiger partial charge in [0.25, 0.3) is 5.91 Å². The Morgan fingerprint density at radius 3 is 2.40 bits per heavy atom. The van der Waals surface area contributed by atoms with Gasteiger partial charge in [0.05, 0.1) is 24.3 Å². The van der Waals surface area contributed by atoms with Crippen LogP contribution in [0.15, 0.2) is 99.1 Å². The van der Waals surface area contributed by atoms with Gasteiger partial charge in [-0.15, -0.1) is 0 Å². The van der Waals surface area contributed by atoms with Crippen molar-refractivity contribution in [2.24, 2.45) is 0 Å². The number of hydrogen-bond donors (Lipinski definition) is 1. The molecule has 174 valence electrons. The topological polar surface area (TPSA) is 97.0 Å². The van der Waals surface area contributed by atoms with Gasteiger partial charge in [0.15, 0.2) is 11.5 Å². The van der Waals surface area contributed by atoms with Crippen LogP contribution in [0.2, 0.25) is 0 Å². The van der Waals surface area contributed by atoms with Crippen LogP contribution in [0.1, 0.15) is 32.5 Å². The van der Waals surface area contributed by atoms with Crippen molar-refractivity contribution < 1.29 is 28.6 Å². The van der Waals surface area contributed by atoms with Crippen LogP contribution in [0.4, 0.5) is 5.69 Å². The van der Waals surface area contributed by atoms with E-state index in [1.807, 2.05) is 12.1 Å². The SMILES string of the molecule is COC(=O)c1ccc(N2C(=O)C(O)=C(C(=O)c3cc4cc(Br)ccc4o3)C2c2ccccc2)cc1. The summed E-state index contributed by atoms with van der Waals surface area (Å²) >= 11 is 3.40. The fraction of sp³-hybridized carbons (Fsp3) is 0.0741. The molecule has 1 amide bonds. The van der Waals surface area contributed by atoms with E-state index >= 15 is 0 Å². The van der Waals surface area contributed by atoms with E-state index in [0.717, 1.165) is 4.47 Å². The molecule has 1 aliphatic heterocycles. The fourth-order valence-corrected chi connectivity index (χ4v) is 4.57. The summed E-state index contributed by atoms with van der Waals surface area (Å²) in [5.74, 6) is -2.48. The molecule has 1 aliphatic rings. The molecule has 1 unspecified atom stereocenters. The molecule has 1 aromatic heterocycles. The molecule has 7 nitrogen and oxygen atoms in total. The summed E-state index contributed by atoms with van der Waals surface area (Å²) in [4.78, 5) is 40.1. The third-order valence-electron chi connectivity index (χ3n) is 5.84. The molecule has 35 heavy (non-hydrogen) atoms. The van der Waals surface area contributed by atoms with Crippen LogP contribution in [-0.2, 0) is 9.53 Å². The van der Waals surface area contributed by atoms with Crippen molar-refractivity contribution in [1.82, 2.24) is 0 Å². The molecular weight excluding hydrogens is 514 g/mol. The summed E-state index contributed by atoms with van der Waals surface area (Å²) in [6, 6.07) is 21.1. The molecule has 8 heteroatoms. The minimum absolute atomic E-state index is 0.0104. The number of benzene rings is 3. The predicted molar refractivity (Wildman–Crippen MR) is 132 cm³/mol. The number of esters is 1. The molecule has 0 radical (unpaired) electrons. The molecule has 0 spiro atoms. The smallest absolute Gasteiger partial charge is 0.337 e. The number of anilines is 1. The largest absolute Gasteiger partial charge is 0.503 e. The maximum atomic E-state index is 13.6. The second kappa shape index (κ2) is 8.88. The number of hydrogen-bond acceptors (Lipinski definition) is 6. The summed E-state index contributed by atoms with van der Waals surface area (Å²) in [6.45, 7) is 0. The zero-order chi connectivity index (χ0) is 24.7. The number of aliphatic hydroxyl groups is 1. The number of furan rings is 1. The van der Waals surface area contributed by atoms with Crippen LogP contribution < -0.4 is 4.90 Å². The number of ether oxygens (including phenoxy) is 1. The quantitative estimate of drug-likeness (QED) is 0.259. The summed E-state index contributed by atoms with van der Waals surface area (Å²) in [5, 5.41) is 11.6. The van der Waals surface area contributed by atoms with Gasteiger partial charge in [-0.3, -0.25) is 14.5 Å². The first-order valence-corrected chi connectivity index (χ1v) is 11.4. The number of nitrogens with zero attached hydrogens (tertiary/aromatic N) is 1. The highest BCUT2D eigenvalue weighted by Gasteiger charge is 2.45. The Morgan fingerprint density at radius 1 is 1.00 bits per heavy atom. The number of methoxy groups -OCH3 is 1. The molecule has 3 aromatic carbocycles. The lowest BCUT2D eigenvalue weighted by Crippen LogP contribution is -2.31. The van der Waals surface area contributed by atoms with Gasteiger partial charge in [0.2, 0.25) is 5.78 Å². The van der Waals surface area contributed by atoms with E-state index in [0.29, 0.717) is 27.8 Å². The fourth-order valence-electron chi connectivity index (χ4n) is 4.19. The van der Waals surface area contributed by atoms with Gasteiger partial charge in [-0.2, -0.15) is 0 Å². The van der Waals surface area contributed by atoms with E-state index in [-0.39, 0.29) is 11.3 Å². The van der Waals surface area contributed by atoms with Gasteiger partial charge in [0, 0.05) is 15.5 Å². The van der Waals surface area contributed by atoms with Gasteiger partial charge >= 0.3 is 5.97 Å². The summed E-state index contributed by atoms with van der Waals surface area (Å²) in [6.07, 6.45) is 0. The van der Waals surface area contributed by atoms with Crippen LogP contribution in [0.25, 0.3) is 11.0 Å². The molecule has 0 aliphatic carbocycles. The number of fused-ring (bicyclic) bond motifs is 1. The number of carbonyl (C=O) groups is 3. The second-order valence-corrected chi connectivity index (χ2v) is 8.83. The molecule has 0 bridgehead atoms. The van der Waals surface area contributed by atoms with Crippen LogP contribution >= 0.6 is 15.9 Å². The van der Waals surface area contributed by atoms with Crippen molar-refractivity contribution >= 4 is 50.2 Å². The summed E-state index contributed by atoms with van der Waals surface area (Å²) < 4.78 is 11.3. The summed E-state index contributed by atoms with van der Waals surface area (Å²) in [7, 11) is 1.28. The normalized spacial score (nSPS) is 15.7. The monoisotopic (exact) mass is 531 g/mol.